The average molecular weight is 300 g/mol. The number of carboxylic acids is 1. The first-order valence-corrected chi connectivity index (χ1v) is 6.76. The molecule has 1 aromatic carbocycles. The minimum atomic E-state index is -0.977. The highest BCUT2D eigenvalue weighted by molar-refractivity contribution is 6.31. The van der Waals surface area contributed by atoms with Gasteiger partial charge in [0.2, 0.25) is 0 Å². The van der Waals surface area contributed by atoms with Gasteiger partial charge in [-0.15, -0.1) is 0 Å². The van der Waals surface area contributed by atoms with E-state index in [4.69, 9.17) is 16.7 Å². The Morgan fingerprint density at radius 3 is 2.70 bits per heavy atom. The lowest BCUT2D eigenvalue weighted by Crippen LogP contribution is -2.39. The van der Waals surface area contributed by atoms with E-state index < -0.39 is 23.6 Å². The zero-order valence-electron chi connectivity index (χ0n) is 11.0. The van der Waals surface area contributed by atoms with E-state index >= 15 is 0 Å². The molecule has 6 heteroatoms. The molecular weight excluding hydrogens is 285 g/mol. The maximum absolute atomic E-state index is 13.7. The van der Waals surface area contributed by atoms with E-state index in [-0.39, 0.29) is 23.2 Å². The average Bonchev–Trinajstić information content (AvgIpc) is 3.22. The van der Waals surface area contributed by atoms with Gasteiger partial charge < -0.3 is 10.0 Å². The van der Waals surface area contributed by atoms with Crippen LogP contribution in [-0.4, -0.2) is 34.5 Å². The number of benzene rings is 1. The molecule has 1 aromatic rings. The van der Waals surface area contributed by atoms with Gasteiger partial charge in [0.15, 0.2) is 0 Å². The summed E-state index contributed by atoms with van der Waals surface area (Å²) in [7, 11) is 0. The van der Waals surface area contributed by atoms with Crippen LogP contribution in [0, 0.1) is 11.7 Å². The Kier molecular flexibility index (Phi) is 4.28. The Morgan fingerprint density at radius 1 is 1.50 bits per heavy atom. The number of carbonyl (C=O) groups excluding carboxylic acids is 1. The first-order chi connectivity index (χ1) is 9.40. The summed E-state index contributed by atoms with van der Waals surface area (Å²) in [5.74, 6) is -2.81. The molecule has 0 aliphatic heterocycles. The predicted molar refractivity (Wildman–Crippen MR) is 72.3 cm³/mol. The highest BCUT2D eigenvalue weighted by Gasteiger charge is 2.35. The van der Waals surface area contributed by atoms with Crippen LogP contribution < -0.4 is 0 Å². The molecule has 1 aliphatic rings. The van der Waals surface area contributed by atoms with Gasteiger partial charge in [0, 0.05) is 17.6 Å². The topological polar surface area (TPSA) is 57.6 Å². The summed E-state index contributed by atoms with van der Waals surface area (Å²) in [6, 6.07) is 3.79. The number of hydrogen-bond donors (Lipinski definition) is 1. The molecule has 20 heavy (non-hydrogen) atoms. The van der Waals surface area contributed by atoms with Crippen molar-refractivity contribution in [2.24, 2.45) is 5.92 Å². The van der Waals surface area contributed by atoms with Crippen LogP contribution in [0.25, 0.3) is 0 Å². The first kappa shape index (κ1) is 14.8. The molecule has 4 nitrogen and oxygen atoms in total. The fourth-order valence-electron chi connectivity index (χ4n) is 1.97. The number of rotatable bonds is 5. The molecule has 0 aromatic heterocycles. The minimum absolute atomic E-state index is 0.00248. The first-order valence-electron chi connectivity index (χ1n) is 6.39. The zero-order valence-corrected chi connectivity index (χ0v) is 11.7. The van der Waals surface area contributed by atoms with Crippen LogP contribution in [0.4, 0.5) is 4.39 Å². The summed E-state index contributed by atoms with van der Waals surface area (Å²) in [6.45, 7) is 1.60. The van der Waals surface area contributed by atoms with Crippen LogP contribution in [0.2, 0.25) is 5.02 Å². The van der Waals surface area contributed by atoms with E-state index in [1.165, 1.54) is 24.0 Å². The van der Waals surface area contributed by atoms with Crippen molar-refractivity contribution in [2.75, 3.05) is 6.54 Å². The lowest BCUT2D eigenvalue weighted by Gasteiger charge is -2.24. The monoisotopic (exact) mass is 299 g/mol. The second-order valence-corrected chi connectivity index (χ2v) is 5.49. The maximum atomic E-state index is 13.7. The van der Waals surface area contributed by atoms with Gasteiger partial charge >= 0.3 is 5.97 Å². The molecule has 1 saturated carbocycles. The van der Waals surface area contributed by atoms with Gasteiger partial charge in [-0.25, -0.2) is 4.39 Å². The summed E-state index contributed by atoms with van der Waals surface area (Å²) in [6.07, 6.45) is 1.64. The summed E-state index contributed by atoms with van der Waals surface area (Å²) in [5, 5.41) is 9.23. The van der Waals surface area contributed by atoms with E-state index in [2.05, 4.69) is 0 Å². The second kappa shape index (κ2) is 5.79. The fraction of sp³-hybridized carbons (Fsp3) is 0.429. The molecule has 1 fully saturated rings. The van der Waals surface area contributed by atoms with E-state index in [0.717, 1.165) is 18.9 Å². The standard InChI is InChI=1S/C14H15ClFNO3/c1-8(14(19)20)7-17(10-3-4-10)13(18)11-6-9(15)2-5-12(11)16/h2,5-6,8,10H,3-4,7H2,1H3,(H,19,20). The Hall–Kier alpha value is -1.62. The van der Waals surface area contributed by atoms with Crippen LogP contribution in [0.15, 0.2) is 18.2 Å². The van der Waals surface area contributed by atoms with Gasteiger partial charge in [0.1, 0.15) is 5.82 Å². The van der Waals surface area contributed by atoms with Crippen molar-refractivity contribution < 1.29 is 19.1 Å². The SMILES string of the molecule is CC(CN(C(=O)c1cc(Cl)ccc1F)C1CC1)C(=O)O. The van der Waals surface area contributed by atoms with Gasteiger partial charge in [-0.1, -0.05) is 18.5 Å². The van der Waals surface area contributed by atoms with Crippen molar-refractivity contribution in [3.8, 4) is 0 Å². The zero-order chi connectivity index (χ0) is 14.9. The van der Waals surface area contributed by atoms with Crippen LogP contribution in [0.1, 0.15) is 30.1 Å². The van der Waals surface area contributed by atoms with E-state index in [0.29, 0.717) is 0 Å². The number of carboxylic acid groups (broad SMARTS) is 1. The van der Waals surface area contributed by atoms with Crippen LogP contribution >= 0.6 is 11.6 Å². The van der Waals surface area contributed by atoms with Crippen LogP contribution in [-0.2, 0) is 4.79 Å². The molecule has 1 amide bonds. The summed E-state index contributed by atoms with van der Waals surface area (Å²) in [5.41, 5.74) is -0.109. The summed E-state index contributed by atoms with van der Waals surface area (Å²) < 4.78 is 13.7. The Bertz CT molecular complexity index is 545. The third-order valence-electron chi connectivity index (χ3n) is 3.30. The van der Waals surface area contributed by atoms with Gasteiger partial charge in [-0.3, -0.25) is 9.59 Å². The molecule has 0 spiro atoms. The van der Waals surface area contributed by atoms with E-state index in [9.17, 15) is 14.0 Å². The van der Waals surface area contributed by atoms with Crippen LogP contribution in [0.3, 0.4) is 0 Å². The van der Waals surface area contributed by atoms with E-state index in [1.54, 1.807) is 0 Å². The molecule has 2 rings (SSSR count). The lowest BCUT2D eigenvalue weighted by molar-refractivity contribution is -0.141. The second-order valence-electron chi connectivity index (χ2n) is 5.05. The molecule has 108 valence electrons. The highest BCUT2D eigenvalue weighted by atomic mass is 35.5. The van der Waals surface area contributed by atoms with Gasteiger partial charge in [-0.2, -0.15) is 0 Å². The van der Waals surface area contributed by atoms with Crippen LogP contribution in [0.5, 0.6) is 0 Å². The lowest BCUT2D eigenvalue weighted by atomic mass is 10.1. The largest absolute Gasteiger partial charge is 0.481 e. The fourth-order valence-corrected chi connectivity index (χ4v) is 2.15. The number of hydrogen-bond acceptors (Lipinski definition) is 2. The molecule has 0 radical (unpaired) electrons. The quantitative estimate of drug-likeness (QED) is 0.909. The van der Waals surface area contributed by atoms with Crippen molar-refractivity contribution in [1.29, 1.82) is 0 Å². The molecule has 0 heterocycles. The van der Waals surface area contributed by atoms with Crippen molar-refractivity contribution in [3.63, 3.8) is 0 Å². The third kappa shape index (κ3) is 3.28. The number of nitrogens with zero attached hydrogens (tertiary/aromatic N) is 1. The number of aliphatic carboxylic acids is 1. The number of amides is 1. The Balaban J connectivity index is 2.23. The van der Waals surface area contributed by atoms with Gasteiger partial charge in [0.25, 0.3) is 5.91 Å². The Labute approximate surface area is 121 Å². The van der Waals surface area contributed by atoms with Crippen molar-refractivity contribution in [3.05, 3.63) is 34.6 Å². The maximum Gasteiger partial charge on any atom is 0.308 e. The summed E-state index contributed by atoms with van der Waals surface area (Å²) >= 11 is 5.79. The van der Waals surface area contributed by atoms with Crippen molar-refractivity contribution >= 4 is 23.5 Å². The molecule has 0 bridgehead atoms. The molecule has 0 saturated heterocycles. The van der Waals surface area contributed by atoms with Gasteiger partial charge in [0.05, 0.1) is 11.5 Å². The van der Waals surface area contributed by atoms with E-state index in [1.807, 2.05) is 0 Å². The molecule has 1 N–H and O–H groups in total. The minimum Gasteiger partial charge on any atom is -0.481 e. The molecular formula is C14H15ClFNO3. The molecule has 1 unspecified atom stereocenters. The number of halogens is 2. The third-order valence-corrected chi connectivity index (χ3v) is 3.53. The highest BCUT2D eigenvalue weighted by Crippen LogP contribution is 2.30. The molecule has 1 atom stereocenters. The normalized spacial score (nSPS) is 15.8. The smallest absolute Gasteiger partial charge is 0.308 e. The van der Waals surface area contributed by atoms with Crippen molar-refractivity contribution in [2.45, 2.75) is 25.8 Å². The van der Waals surface area contributed by atoms with Crippen molar-refractivity contribution in [1.82, 2.24) is 4.90 Å². The Morgan fingerprint density at radius 2 is 2.15 bits per heavy atom. The summed E-state index contributed by atoms with van der Waals surface area (Å²) in [4.78, 5) is 24.8. The predicted octanol–water partition coefficient (Wildman–Crippen LogP) is 2.80. The molecule has 1 aliphatic carbocycles. The number of carbonyl (C=O) groups is 2. The van der Waals surface area contributed by atoms with Gasteiger partial charge in [-0.05, 0) is 31.0 Å².